The third-order valence-electron chi connectivity index (χ3n) is 3.61. The monoisotopic (exact) mass is 304 g/mol. The fourth-order valence-corrected chi connectivity index (χ4v) is 4.41. The molecule has 20 heavy (non-hydrogen) atoms. The summed E-state index contributed by atoms with van der Waals surface area (Å²) >= 11 is 0. The first-order valence-corrected chi connectivity index (χ1v) is 8.01. The lowest BCUT2D eigenvalue weighted by molar-refractivity contribution is 0.226. The minimum absolute atomic E-state index is 0.282. The first-order chi connectivity index (χ1) is 9.35. The zero-order chi connectivity index (χ0) is 14.9. The molecule has 0 aromatic heterocycles. The fourth-order valence-electron chi connectivity index (χ4n) is 2.56. The summed E-state index contributed by atoms with van der Waals surface area (Å²) in [6.45, 7) is 2.00. The second-order valence-electron chi connectivity index (χ2n) is 5.09. The maximum atomic E-state index is 13.8. The molecule has 1 saturated heterocycles. The van der Waals surface area contributed by atoms with Gasteiger partial charge in [-0.15, -0.1) is 0 Å². The van der Waals surface area contributed by atoms with E-state index in [0.29, 0.717) is 12.8 Å². The summed E-state index contributed by atoms with van der Waals surface area (Å²) in [7, 11) is -4.07. The second kappa shape index (κ2) is 5.75. The van der Waals surface area contributed by atoms with Crippen LogP contribution in [0.3, 0.4) is 0 Å². The van der Waals surface area contributed by atoms with Crippen LogP contribution in [0.4, 0.5) is 8.78 Å². The van der Waals surface area contributed by atoms with E-state index in [1.54, 1.807) is 6.92 Å². The number of nitrogens with two attached hydrogens (primary N) is 1. The van der Waals surface area contributed by atoms with Gasteiger partial charge in [0.2, 0.25) is 10.0 Å². The molecular weight excluding hydrogens is 286 g/mol. The number of hydrogen-bond acceptors (Lipinski definition) is 3. The van der Waals surface area contributed by atoms with Gasteiger partial charge in [-0.3, -0.25) is 0 Å². The van der Waals surface area contributed by atoms with Gasteiger partial charge in [0.1, 0.15) is 4.90 Å². The number of piperidine rings is 1. The molecule has 0 radical (unpaired) electrons. The van der Waals surface area contributed by atoms with Crippen molar-refractivity contribution in [2.45, 2.75) is 43.2 Å². The van der Waals surface area contributed by atoms with Crippen LogP contribution in [-0.4, -0.2) is 31.4 Å². The van der Waals surface area contributed by atoms with Crippen molar-refractivity contribution in [3.8, 4) is 0 Å². The van der Waals surface area contributed by atoms with E-state index in [0.717, 1.165) is 18.6 Å². The van der Waals surface area contributed by atoms with Crippen molar-refractivity contribution < 1.29 is 17.2 Å². The lowest BCUT2D eigenvalue weighted by Gasteiger charge is -2.36. The van der Waals surface area contributed by atoms with Crippen molar-refractivity contribution in [3.05, 3.63) is 29.8 Å². The molecule has 1 aliphatic heterocycles. The summed E-state index contributed by atoms with van der Waals surface area (Å²) in [6, 6.07) is 2.43. The van der Waals surface area contributed by atoms with Gasteiger partial charge >= 0.3 is 0 Å². The SMILES string of the molecule is CC(N)C1CCCCN1S(=O)(=O)c1cccc(F)c1F. The Morgan fingerprint density at radius 2 is 2.05 bits per heavy atom. The molecule has 0 aliphatic carbocycles. The topological polar surface area (TPSA) is 63.4 Å². The molecule has 0 amide bonds. The molecule has 1 aliphatic rings. The Kier molecular flexibility index (Phi) is 4.41. The molecule has 0 bridgehead atoms. The van der Waals surface area contributed by atoms with Gasteiger partial charge in [0.05, 0.1) is 0 Å². The van der Waals surface area contributed by atoms with E-state index in [4.69, 9.17) is 5.73 Å². The van der Waals surface area contributed by atoms with Crippen LogP contribution in [0.15, 0.2) is 23.1 Å². The van der Waals surface area contributed by atoms with Crippen molar-refractivity contribution in [1.82, 2.24) is 4.31 Å². The largest absolute Gasteiger partial charge is 0.326 e. The average molecular weight is 304 g/mol. The Hall–Kier alpha value is -1.05. The van der Waals surface area contributed by atoms with E-state index in [2.05, 4.69) is 0 Å². The molecule has 1 aromatic rings. The van der Waals surface area contributed by atoms with Gasteiger partial charge in [-0.25, -0.2) is 17.2 Å². The molecule has 4 nitrogen and oxygen atoms in total. The Morgan fingerprint density at radius 1 is 1.35 bits per heavy atom. The Morgan fingerprint density at radius 3 is 2.70 bits per heavy atom. The van der Waals surface area contributed by atoms with E-state index < -0.39 is 26.6 Å². The second-order valence-corrected chi connectivity index (χ2v) is 6.95. The molecule has 2 N–H and O–H groups in total. The zero-order valence-corrected chi connectivity index (χ0v) is 12.0. The predicted molar refractivity (Wildman–Crippen MR) is 71.5 cm³/mol. The van der Waals surface area contributed by atoms with Gasteiger partial charge in [-0.1, -0.05) is 12.5 Å². The third kappa shape index (κ3) is 2.70. The van der Waals surface area contributed by atoms with Gasteiger partial charge in [-0.05, 0) is 31.9 Å². The van der Waals surface area contributed by atoms with E-state index >= 15 is 0 Å². The fraction of sp³-hybridized carbons (Fsp3) is 0.538. The van der Waals surface area contributed by atoms with Gasteiger partial charge < -0.3 is 5.73 Å². The molecule has 1 aromatic carbocycles. The maximum absolute atomic E-state index is 13.8. The summed E-state index contributed by atoms with van der Waals surface area (Å²) in [4.78, 5) is -0.620. The smallest absolute Gasteiger partial charge is 0.246 e. The van der Waals surface area contributed by atoms with E-state index in [-0.39, 0.29) is 18.6 Å². The lowest BCUT2D eigenvalue weighted by Crippen LogP contribution is -2.51. The van der Waals surface area contributed by atoms with Crippen LogP contribution in [0.5, 0.6) is 0 Å². The number of halogens is 2. The number of rotatable bonds is 3. The molecule has 0 saturated carbocycles. The first kappa shape index (κ1) is 15.3. The summed E-state index contributed by atoms with van der Waals surface area (Å²) in [5.74, 6) is -2.50. The van der Waals surface area contributed by atoms with E-state index in [9.17, 15) is 17.2 Å². The van der Waals surface area contributed by atoms with Crippen molar-refractivity contribution in [2.24, 2.45) is 5.73 Å². The summed E-state index contributed by atoms with van der Waals surface area (Å²) in [5, 5.41) is 0. The summed E-state index contributed by atoms with van der Waals surface area (Å²) < 4.78 is 53.3. The van der Waals surface area contributed by atoms with E-state index in [1.807, 2.05) is 0 Å². The minimum atomic E-state index is -4.07. The summed E-state index contributed by atoms with van der Waals surface area (Å²) in [5.41, 5.74) is 5.83. The zero-order valence-electron chi connectivity index (χ0n) is 11.2. The average Bonchev–Trinajstić information content (AvgIpc) is 2.41. The predicted octanol–water partition coefficient (Wildman–Crippen LogP) is 1.86. The van der Waals surface area contributed by atoms with Crippen molar-refractivity contribution in [1.29, 1.82) is 0 Å². The highest BCUT2D eigenvalue weighted by Gasteiger charge is 2.37. The molecule has 0 spiro atoms. The van der Waals surface area contributed by atoms with Crippen LogP contribution in [0.25, 0.3) is 0 Å². The Labute approximate surface area is 117 Å². The van der Waals surface area contributed by atoms with Gasteiger partial charge in [-0.2, -0.15) is 4.31 Å². The highest BCUT2D eigenvalue weighted by atomic mass is 32.2. The van der Waals surface area contributed by atoms with Crippen molar-refractivity contribution in [3.63, 3.8) is 0 Å². The van der Waals surface area contributed by atoms with E-state index in [1.165, 1.54) is 10.4 Å². The quantitative estimate of drug-likeness (QED) is 0.927. The first-order valence-electron chi connectivity index (χ1n) is 6.57. The van der Waals surface area contributed by atoms with Gasteiger partial charge in [0.15, 0.2) is 11.6 Å². The third-order valence-corrected chi connectivity index (χ3v) is 5.55. The van der Waals surface area contributed by atoms with Crippen LogP contribution >= 0.6 is 0 Å². The molecule has 2 rings (SSSR count). The molecule has 1 heterocycles. The lowest BCUT2D eigenvalue weighted by atomic mass is 10.00. The van der Waals surface area contributed by atoms with Crippen molar-refractivity contribution in [2.75, 3.05) is 6.54 Å². The molecule has 2 atom stereocenters. The van der Waals surface area contributed by atoms with Crippen LogP contribution in [0.1, 0.15) is 26.2 Å². The van der Waals surface area contributed by atoms with Gasteiger partial charge in [0.25, 0.3) is 0 Å². The van der Waals surface area contributed by atoms with Crippen LogP contribution in [0, 0.1) is 11.6 Å². The number of sulfonamides is 1. The number of benzene rings is 1. The van der Waals surface area contributed by atoms with Crippen LogP contribution in [-0.2, 0) is 10.0 Å². The molecular formula is C13H18F2N2O2S. The standard InChI is InChI=1S/C13H18F2N2O2S/c1-9(16)11-6-2-3-8-17(11)20(18,19)12-7-4-5-10(14)13(12)15/h4-5,7,9,11H,2-3,6,8,16H2,1H3. The molecule has 112 valence electrons. The van der Waals surface area contributed by atoms with Crippen LogP contribution in [0.2, 0.25) is 0 Å². The molecule has 1 fully saturated rings. The summed E-state index contributed by atoms with van der Waals surface area (Å²) in [6.07, 6.45) is 2.21. The highest BCUT2D eigenvalue weighted by molar-refractivity contribution is 7.89. The normalized spacial score (nSPS) is 22.7. The van der Waals surface area contributed by atoms with Gasteiger partial charge in [0, 0.05) is 18.6 Å². The Balaban J connectivity index is 2.45. The highest BCUT2D eigenvalue weighted by Crippen LogP contribution is 2.28. The number of hydrogen-bond donors (Lipinski definition) is 1. The van der Waals surface area contributed by atoms with Crippen molar-refractivity contribution >= 4 is 10.0 Å². The van der Waals surface area contributed by atoms with Crippen LogP contribution < -0.4 is 5.73 Å². The molecule has 2 unspecified atom stereocenters. The molecule has 7 heteroatoms. The maximum Gasteiger partial charge on any atom is 0.246 e. The number of nitrogens with zero attached hydrogens (tertiary/aromatic N) is 1. The Bertz CT molecular complexity index is 590. The minimum Gasteiger partial charge on any atom is -0.326 e.